The molecule has 0 spiro atoms. The Morgan fingerprint density at radius 3 is 2.07 bits per heavy atom. The lowest BCUT2D eigenvalue weighted by Gasteiger charge is -2.12. The highest BCUT2D eigenvalue weighted by atomic mass is 32.1. The van der Waals surface area contributed by atoms with E-state index in [0.29, 0.717) is 16.3 Å². The van der Waals surface area contributed by atoms with Crippen LogP contribution in [0.2, 0.25) is 0 Å². The highest BCUT2D eigenvalue weighted by molar-refractivity contribution is 7.80. The van der Waals surface area contributed by atoms with E-state index in [1.165, 1.54) is 22.8 Å². The molecule has 2 aromatic carbocycles. The summed E-state index contributed by atoms with van der Waals surface area (Å²) in [5.74, 6) is 0.261. The lowest BCUT2D eigenvalue weighted by molar-refractivity contribution is 0.443. The third kappa shape index (κ3) is 7.02. The van der Waals surface area contributed by atoms with Crippen molar-refractivity contribution in [2.75, 3.05) is 0 Å². The van der Waals surface area contributed by atoms with Gasteiger partial charge in [-0.05, 0) is 63.3 Å². The van der Waals surface area contributed by atoms with E-state index in [1.54, 1.807) is 19.9 Å². The normalized spacial score (nSPS) is 11.0. The minimum absolute atomic E-state index is 0.00183. The van der Waals surface area contributed by atoms with Crippen molar-refractivity contribution in [3.63, 3.8) is 0 Å². The van der Waals surface area contributed by atoms with E-state index in [0.717, 1.165) is 5.56 Å². The Morgan fingerprint density at radius 2 is 1.59 bits per heavy atom. The monoisotopic (exact) mass is 386 g/mol. The van der Waals surface area contributed by atoms with Gasteiger partial charge in [0.2, 0.25) is 0 Å². The number of aromatic hydroxyl groups is 2. The Morgan fingerprint density at radius 1 is 0.963 bits per heavy atom. The topological polar surface area (TPSA) is 64.9 Å². The standard InChI is InChI=1S/C13H18N2O2S.C9H12/c1-7(2)10-5-11(13(17)6-12(10)16)8(3)14-15-9(4)18;1-7-4-5-8(2)9(3)6-7/h5-7,16-17H,1-4H3,(H,15,18);4-6H,1-3H3/b14-8+;. The van der Waals surface area contributed by atoms with Gasteiger partial charge in [-0.25, -0.2) is 0 Å². The molecule has 146 valence electrons. The maximum Gasteiger partial charge on any atom is 0.128 e. The maximum atomic E-state index is 9.83. The molecule has 0 heterocycles. The molecular formula is C22H30N2O2S. The van der Waals surface area contributed by atoms with Crippen LogP contribution in [0.15, 0.2) is 35.4 Å². The molecule has 0 unspecified atom stereocenters. The van der Waals surface area contributed by atoms with Crippen LogP contribution in [0, 0.1) is 20.8 Å². The molecule has 0 atom stereocenters. The summed E-state index contributed by atoms with van der Waals surface area (Å²) in [4.78, 5) is 0.553. The van der Waals surface area contributed by atoms with E-state index in [9.17, 15) is 10.2 Å². The summed E-state index contributed by atoms with van der Waals surface area (Å²) < 4.78 is 0. The number of phenolic OH excluding ortho intramolecular Hbond substituents is 2. The van der Waals surface area contributed by atoms with Crippen LogP contribution >= 0.6 is 12.2 Å². The molecule has 0 aliphatic carbocycles. The molecule has 0 aliphatic rings. The Balaban J connectivity index is 0.000000337. The van der Waals surface area contributed by atoms with Crippen molar-refractivity contribution in [3.8, 4) is 11.5 Å². The van der Waals surface area contributed by atoms with E-state index in [4.69, 9.17) is 12.2 Å². The van der Waals surface area contributed by atoms with Gasteiger partial charge in [0.15, 0.2) is 0 Å². The van der Waals surface area contributed by atoms with Crippen molar-refractivity contribution in [1.29, 1.82) is 0 Å². The van der Waals surface area contributed by atoms with Crippen molar-refractivity contribution >= 4 is 22.9 Å². The fraction of sp³-hybridized carbons (Fsp3) is 0.364. The molecular weight excluding hydrogens is 356 g/mol. The van der Waals surface area contributed by atoms with Crippen LogP contribution in [-0.2, 0) is 0 Å². The van der Waals surface area contributed by atoms with Crippen LogP contribution in [0.4, 0.5) is 0 Å². The number of thiocarbonyl (C=S) groups is 1. The third-order valence-corrected chi connectivity index (χ3v) is 4.29. The highest BCUT2D eigenvalue weighted by Crippen LogP contribution is 2.32. The van der Waals surface area contributed by atoms with Gasteiger partial charge in [0.05, 0.1) is 10.7 Å². The van der Waals surface area contributed by atoms with Gasteiger partial charge in [0.1, 0.15) is 11.5 Å². The highest BCUT2D eigenvalue weighted by Gasteiger charge is 2.13. The first-order valence-electron chi connectivity index (χ1n) is 8.93. The van der Waals surface area contributed by atoms with Gasteiger partial charge in [-0.2, -0.15) is 5.10 Å². The minimum Gasteiger partial charge on any atom is -0.508 e. The number of hydrazone groups is 1. The van der Waals surface area contributed by atoms with Crippen molar-refractivity contribution < 1.29 is 10.2 Å². The average Bonchev–Trinajstić information content (AvgIpc) is 2.56. The van der Waals surface area contributed by atoms with Gasteiger partial charge in [0.25, 0.3) is 0 Å². The first-order chi connectivity index (χ1) is 12.5. The fourth-order valence-electron chi connectivity index (χ4n) is 2.46. The van der Waals surface area contributed by atoms with Gasteiger partial charge in [-0.1, -0.05) is 49.8 Å². The maximum absolute atomic E-state index is 9.83. The Kier molecular flexibility index (Phi) is 8.44. The number of aryl methyl sites for hydroxylation is 3. The molecule has 4 nitrogen and oxygen atoms in total. The molecule has 0 bridgehead atoms. The number of hydrogen-bond donors (Lipinski definition) is 3. The average molecular weight is 387 g/mol. The number of hydrogen-bond acceptors (Lipinski definition) is 4. The Labute approximate surface area is 168 Å². The quantitative estimate of drug-likeness (QED) is 0.370. The van der Waals surface area contributed by atoms with Crippen LogP contribution in [0.3, 0.4) is 0 Å². The molecule has 0 radical (unpaired) electrons. The van der Waals surface area contributed by atoms with Gasteiger partial charge >= 0.3 is 0 Å². The summed E-state index contributed by atoms with van der Waals surface area (Å²) >= 11 is 4.86. The Bertz CT molecular complexity index is 842. The second-order valence-electron chi connectivity index (χ2n) is 7.04. The lowest BCUT2D eigenvalue weighted by Crippen LogP contribution is -2.13. The molecule has 0 saturated heterocycles. The van der Waals surface area contributed by atoms with E-state index in [2.05, 4.69) is 49.5 Å². The number of phenols is 2. The molecule has 5 heteroatoms. The summed E-state index contributed by atoms with van der Waals surface area (Å²) in [5.41, 5.74) is 8.75. The molecule has 3 N–H and O–H groups in total. The first kappa shape index (κ1) is 22.6. The zero-order chi connectivity index (χ0) is 20.7. The fourth-order valence-corrected chi connectivity index (χ4v) is 2.51. The number of rotatable bonds is 3. The zero-order valence-electron chi connectivity index (χ0n) is 17.2. The molecule has 0 amide bonds. The summed E-state index contributed by atoms with van der Waals surface area (Å²) in [6.45, 7) is 13.8. The molecule has 2 rings (SSSR count). The molecule has 0 aliphatic heterocycles. The van der Waals surface area contributed by atoms with E-state index < -0.39 is 0 Å². The predicted molar refractivity (Wildman–Crippen MR) is 118 cm³/mol. The number of nitrogens with zero attached hydrogens (tertiary/aromatic N) is 1. The van der Waals surface area contributed by atoms with Crippen molar-refractivity contribution in [2.24, 2.45) is 5.10 Å². The van der Waals surface area contributed by atoms with Gasteiger partial charge < -0.3 is 10.2 Å². The largest absolute Gasteiger partial charge is 0.508 e. The van der Waals surface area contributed by atoms with Gasteiger partial charge in [-0.3, -0.25) is 5.43 Å². The summed E-state index contributed by atoms with van der Waals surface area (Å²) in [5, 5.41) is 23.7. The van der Waals surface area contributed by atoms with E-state index in [-0.39, 0.29) is 17.4 Å². The SMILES string of the molecule is CC(=S)N/N=C(\C)c1cc(C(C)C)c(O)cc1O.Cc1ccc(C)c(C)c1. The van der Waals surface area contributed by atoms with E-state index in [1.807, 2.05) is 13.8 Å². The van der Waals surface area contributed by atoms with Crippen molar-refractivity contribution in [2.45, 2.75) is 54.4 Å². The van der Waals surface area contributed by atoms with Crippen LogP contribution < -0.4 is 5.43 Å². The number of nitrogens with one attached hydrogen (secondary N) is 1. The van der Waals surface area contributed by atoms with Gasteiger partial charge in [0, 0.05) is 11.6 Å². The lowest BCUT2D eigenvalue weighted by atomic mass is 9.97. The van der Waals surface area contributed by atoms with Crippen LogP contribution in [-0.4, -0.2) is 20.9 Å². The molecule has 2 aromatic rings. The van der Waals surface area contributed by atoms with Crippen LogP contribution in [0.25, 0.3) is 0 Å². The Hall–Kier alpha value is -2.40. The minimum atomic E-state index is 0.00183. The molecule has 0 aromatic heterocycles. The second kappa shape index (κ2) is 10.1. The molecule has 0 fully saturated rings. The molecule has 0 saturated carbocycles. The third-order valence-electron chi connectivity index (χ3n) is 4.20. The summed E-state index contributed by atoms with van der Waals surface area (Å²) in [6.07, 6.45) is 0. The van der Waals surface area contributed by atoms with Crippen molar-refractivity contribution in [1.82, 2.24) is 5.43 Å². The smallest absolute Gasteiger partial charge is 0.128 e. The second-order valence-corrected chi connectivity index (χ2v) is 7.65. The summed E-state index contributed by atoms with van der Waals surface area (Å²) in [7, 11) is 0. The predicted octanol–water partition coefficient (Wildman–Crippen LogP) is 5.49. The van der Waals surface area contributed by atoms with Gasteiger partial charge in [-0.15, -0.1) is 0 Å². The number of benzene rings is 2. The van der Waals surface area contributed by atoms with Crippen LogP contribution in [0.5, 0.6) is 11.5 Å². The van der Waals surface area contributed by atoms with Crippen LogP contribution in [0.1, 0.15) is 61.4 Å². The van der Waals surface area contributed by atoms with Crippen molar-refractivity contribution in [3.05, 3.63) is 58.1 Å². The summed E-state index contributed by atoms with van der Waals surface area (Å²) in [6, 6.07) is 9.59. The van der Waals surface area contributed by atoms with E-state index >= 15 is 0 Å². The molecule has 27 heavy (non-hydrogen) atoms. The first-order valence-corrected chi connectivity index (χ1v) is 9.34. The zero-order valence-corrected chi connectivity index (χ0v) is 18.0.